The zero-order chi connectivity index (χ0) is 13.8. The molecule has 0 bridgehead atoms. The third kappa shape index (κ3) is 3.96. The van der Waals surface area contributed by atoms with Gasteiger partial charge in [0.2, 0.25) is 0 Å². The minimum atomic E-state index is -0.0360. The smallest absolute Gasteiger partial charge is 0.251 e. The number of hydrogen-bond acceptors (Lipinski definition) is 2. The molecule has 0 heterocycles. The third-order valence-electron chi connectivity index (χ3n) is 3.90. The Kier molecular flexibility index (Phi) is 4.86. The van der Waals surface area contributed by atoms with E-state index >= 15 is 0 Å². The van der Waals surface area contributed by atoms with Crippen LogP contribution in [0, 0.1) is 5.92 Å². The molecule has 1 fully saturated rings. The van der Waals surface area contributed by atoms with Crippen molar-refractivity contribution in [3.63, 3.8) is 0 Å². The molecular formula is C15H21BrN2O. The maximum absolute atomic E-state index is 12.2. The predicted octanol–water partition coefficient (Wildman–Crippen LogP) is 3.73. The van der Waals surface area contributed by atoms with E-state index in [0.29, 0.717) is 17.2 Å². The molecule has 19 heavy (non-hydrogen) atoms. The first-order chi connectivity index (χ1) is 9.06. The van der Waals surface area contributed by atoms with Gasteiger partial charge in [0.05, 0.1) is 0 Å². The minimum Gasteiger partial charge on any atom is -0.399 e. The number of nitrogen functional groups attached to an aromatic ring is 1. The molecule has 4 heteroatoms. The second kappa shape index (κ2) is 6.42. The van der Waals surface area contributed by atoms with Crippen molar-refractivity contribution in [1.82, 2.24) is 5.32 Å². The Labute approximate surface area is 123 Å². The average Bonchev–Trinajstić information content (AvgIpc) is 2.38. The molecule has 1 aliphatic rings. The molecule has 0 aliphatic heterocycles. The van der Waals surface area contributed by atoms with Crippen molar-refractivity contribution in [3.8, 4) is 0 Å². The standard InChI is InChI=1S/C15H21BrN2O/c1-10(11-5-3-2-4-6-11)18-15(19)12-7-13(16)9-14(17)8-12/h7-11H,2-6,17H2,1H3,(H,18,19). The van der Waals surface area contributed by atoms with Crippen molar-refractivity contribution >= 4 is 27.5 Å². The highest BCUT2D eigenvalue weighted by atomic mass is 79.9. The van der Waals surface area contributed by atoms with Gasteiger partial charge in [0, 0.05) is 21.8 Å². The minimum absolute atomic E-state index is 0.0360. The topological polar surface area (TPSA) is 55.1 Å². The van der Waals surface area contributed by atoms with Crippen LogP contribution in [0.15, 0.2) is 22.7 Å². The summed E-state index contributed by atoms with van der Waals surface area (Å²) >= 11 is 3.36. The second-order valence-electron chi connectivity index (χ2n) is 5.43. The van der Waals surface area contributed by atoms with Crippen LogP contribution in [0.3, 0.4) is 0 Å². The van der Waals surface area contributed by atoms with Gasteiger partial charge in [0.1, 0.15) is 0 Å². The van der Waals surface area contributed by atoms with Gasteiger partial charge in [-0.15, -0.1) is 0 Å². The number of anilines is 1. The Morgan fingerprint density at radius 3 is 2.63 bits per heavy atom. The predicted molar refractivity (Wildman–Crippen MR) is 82.1 cm³/mol. The van der Waals surface area contributed by atoms with Gasteiger partial charge < -0.3 is 11.1 Å². The van der Waals surface area contributed by atoms with E-state index in [0.717, 1.165) is 4.47 Å². The number of carbonyl (C=O) groups is 1. The summed E-state index contributed by atoms with van der Waals surface area (Å²) in [4.78, 5) is 12.2. The van der Waals surface area contributed by atoms with Crippen molar-refractivity contribution in [2.24, 2.45) is 5.92 Å². The van der Waals surface area contributed by atoms with Gasteiger partial charge in [-0.3, -0.25) is 4.79 Å². The largest absolute Gasteiger partial charge is 0.399 e. The van der Waals surface area contributed by atoms with Crippen LogP contribution in [0.4, 0.5) is 5.69 Å². The lowest BCUT2D eigenvalue weighted by molar-refractivity contribution is 0.0919. The Morgan fingerprint density at radius 1 is 1.32 bits per heavy atom. The molecule has 1 aromatic carbocycles. The first-order valence-corrected chi connectivity index (χ1v) is 7.72. The number of benzene rings is 1. The van der Waals surface area contributed by atoms with Crippen LogP contribution in [0.1, 0.15) is 49.4 Å². The normalized spacial score (nSPS) is 18.0. The molecule has 0 saturated heterocycles. The highest BCUT2D eigenvalue weighted by molar-refractivity contribution is 9.10. The molecule has 104 valence electrons. The fourth-order valence-corrected chi connectivity index (χ4v) is 3.30. The molecule has 1 unspecified atom stereocenters. The van der Waals surface area contributed by atoms with Crippen LogP contribution >= 0.6 is 15.9 Å². The van der Waals surface area contributed by atoms with E-state index in [1.54, 1.807) is 18.2 Å². The molecule has 0 aromatic heterocycles. The number of rotatable bonds is 3. The summed E-state index contributed by atoms with van der Waals surface area (Å²) in [5.74, 6) is 0.577. The van der Waals surface area contributed by atoms with Gasteiger partial charge in [0.15, 0.2) is 0 Å². The van der Waals surface area contributed by atoms with Gasteiger partial charge in [0.25, 0.3) is 5.91 Å². The van der Waals surface area contributed by atoms with E-state index in [4.69, 9.17) is 5.73 Å². The molecule has 1 saturated carbocycles. The average molecular weight is 325 g/mol. The Balaban J connectivity index is 1.99. The van der Waals surface area contributed by atoms with Gasteiger partial charge in [-0.25, -0.2) is 0 Å². The fraction of sp³-hybridized carbons (Fsp3) is 0.533. The van der Waals surface area contributed by atoms with Crippen molar-refractivity contribution in [1.29, 1.82) is 0 Å². The van der Waals surface area contributed by atoms with Crippen LogP contribution < -0.4 is 11.1 Å². The number of nitrogens with one attached hydrogen (secondary N) is 1. The highest BCUT2D eigenvalue weighted by Gasteiger charge is 2.21. The van der Waals surface area contributed by atoms with Gasteiger partial charge in [-0.2, -0.15) is 0 Å². The number of hydrogen-bond donors (Lipinski definition) is 2. The Hall–Kier alpha value is -1.03. The number of nitrogens with two attached hydrogens (primary N) is 1. The van der Waals surface area contributed by atoms with E-state index in [9.17, 15) is 4.79 Å². The molecule has 2 rings (SSSR count). The summed E-state index contributed by atoms with van der Waals surface area (Å²) in [5.41, 5.74) is 6.98. The van der Waals surface area contributed by atoms with E-state index in [1.807, 2.05) is 0 Å². The van der Waals surface area contributed by atoms with Crippen molar-refractivity contribution < 1.29 is 4.79 Å². The molecule has 1 aromatic rings. The molecule has 0 radical (unpaired) electrons. The molecule has 1 aliphatic carbocycles. The Morgan fingerprint density at radius 2 is 2.00 bits per heavy atom. The molecule has 3 nitrogen and oxygen atoms in total. The van der Waals surface area contributed by atoms with Crippen LogP contribution in [0.5, 0.6) is 0 Å². The Bertz CT molecular complexity index is 435. The molecule has 1 atom stereocenters. The van der Waals surface area contributed by atoms with E-state index in [-0.39, 0.29) is 11.9 Å². The maximum atomic E-state index is 12.2. The van der Waals surface area contributed by atoms with Crippen molar-refractivity contribution in [3.05, 3.63) is 28.2 Å². The SMILES string of the molecule is CC(NC(=O)c1cc(N)cc(Br)c1)C1CCCCC1. The van der Waals surface area contributed by atoms with Gasteiger partial charge in [-0.05, 0) is 43.9 Å². The summed E-state index contributed by atoms with van der Waals surface area (Å²) in [6.07, 6.45) is 6.35. The van der Waals surface area contributed by atoms with Gasteiger partial charge in [-0.1, -0.05) is 35.2 Å². The fourth-order valence-electron chi connectivity index (χ4n) is 2.79. The zero-order valence-corrected chi connectivity index (χ0v) is 12.9. The highest BCUT2D eigenvalue weighted by Crippen LogP contribution is 2.26. The first-order valence-electron chi connectivity index (χ1n) is 6.93. The van der Waals surface area contributed by atoms with Crippen molar-refractivity contribution in [2.75, 3.05) is 5.73 Å². The molecule has 1 amide bonds. The lowest BCUT2D eigenvalue weighted by Gasteiger charge is -2.28. The van der Waals surface area contributed by atoms with Crippen molar-refractivity contribution in [2.45, 2.75) is 45.1 Å². The van der Waals surface area contributed by atoms with Crippen LogP contribution in [0.25, 0.3) is 0 Å². The van der Waals surface area contributed by atoms with Crippen LogP contribution in [0.2, 0.25) is 0 Å². The summed E-state index contributed by atoms with van der Waals surface area (Å²) in [6.45, 7) is 2.11. The zero-order valence-electron chi connectivity index (χ0n) is 11.3. The monoisotopic (exact) mass is 324 g/mol. The number of carbonyl (C=O) groups excluding carboxylic acids is 1. The van der Waals surface area contributed by atoms with Gasteiger partial charge >= 0.3 is 0 Å². The lowest BCUT2D eigenvalue weighted by Crippen LogP contribution is -2.38. The molecular weight excluding hydrogens is 304 g/mol. The second-order valence-corrected chi connectivity index (χ2v) is 6.35. The summed E-state index contributed by atoms with van der Waals surface area (Å²) in [6, 6.07) is 5.54. The summed E-state index contributed by atoms with van der Waals surface area (Å²) in [5, 5.41) is 3.10. The van der Waals surface area contributed by atoms with Crippen LogP contribution in [-0.2, 0) is 0 Å². The number of amides is 1. The van der Waals surface area contributed by atoms with Crippen LogP contribution in [-0.4, -0.2) is 11.9 Å². The summed E-state index contributed by atoms with van der Waals surface area (Å²) in [7, 11) is 0. The number of halogens is 1. The lowest BCUT2D eigenvalue weighted by atomic mass is 9.84. The van der Waals surface area contributed by atoms with E-state index in [1.165, 1.54) is 32.1 Å². The summed E-state index contributed by atoms with van der Waals surface area (Å²) < 4.78 is 0.836. The molecule has 3 N–H and O–H groups in total. The maximum Gasteiger partial charge on any atom is 0.251 e. The first kappa shape index (κ1) is 14.4. The third-order valence-corrected chi connectivity index (χ3v) is 4.36. The quantitative estimate of drug-likeness (QED) is 0.832. The van der Waals surface area contributed by atoms with E-state index in [2.05, 4.69) is 28.2 Å². The van der Waals surface area contributed by atoms with E-state index < -0.39 is 0 Å². The molecule has 0 spiro atoms.